The van der Waals surface area contributed by atoms with Crippen LogP contribution in [-0.2, 0) is 0 Å². The van der Waals surface area contributed by atoms with Crippen LogP contribution in [0.25, 0.3) is 22.2 Å². The van der Waals surface area contributed by atoms with Gasteiger partial charge in [-0.3, -0.25) is 0 Å². The molecule has 4 rings (SSSR count). The first kappa shape index (κ1) is 23.0. The molecule has 3 heterocycles. The summed E-state index contributed by atoms with van der Waals surface area (Å²) < 4.78 is 19.5. The summed E-state index contributed by atoms with van der Waals surface area (Å²) >= 11 is 0. The number of rotatable bonds is 6. The van der Waals surface area contributed by atoms with Gasteiger partial charge in [-0.25, -0.2) is 14.2 Å². The first-order valence-electron chi connectivity index (χ1n) is 11.2. The molecule has 0 saturated carbocycles. The summed E-state index contributed by atoms with van der Waals surface area (Å²) in [7, 11) is 1.58. The number of nitrogens with zero attached hydrogens (tertiary/aromatic N) is 3. The molecule has 2 N–H and O–H groups in total. The Balaban J connectivity index is 1.53. The second-order valence-electron chi connectivity index (χ2n) is 9.58. The Labute approximate surface area is 193 Å². The van der Waals surface area contributed by atoms with Gasteiger partial charge in [0, 0.05) is 53.9 Å². The number of aromatic nitrogens is 2. The number of fused-ring (bicyclic) bond motifs is 1. The van der Waals surface area contributed by atoms with E-state index in [2.05, 4.69) is 20.9 Å². The molecule has 33 heavy (non-hydrogen) atoms. The molecule has 7 nitrogen and oxygen atoms in total. The third kappa shape index (κ3) is 4.80. The van der Waals surface area contributed by atoms with Crippen molar-refractivity contribution in [3.63, 3.8) is 0 Å². The summed E-state index contributed by atoms with van der Waals surface area (Å²) in [6.07, 6.45) is 1.81. The molecule has 0 aliphatic carbocycles. The van der Waals surface area contributed by atoms with Crippen LogP contribution in [0.2, 0.25) is 0 Å². The van der Waals surface area contributed by atoms with Crippen LogP contribution >= 0.6 is 0 Å². The van der Waals surface area contributed by atoms with Gasteiger partial charge >= 0.3 is 6.09 Å². The summed E-state index contributed by atoms with van der Waals surface area (Å²) in [5.74, 6) is 0.596. The average molecular weight is 455 g/mol. The highest BCUT2D eigenvalue weighted by Crippen LogP contribution is 2.37. The molecule has 1 aromatic carbocycles. The highest BCUT2D eigenvalue weighted by Gasteiger charge is 2.29. The van der Waals surface area contributed by atoms with Crippen LogP contribution in [0, 0.1) is 5.82 Å². The SMILES string of the molecule is COc1ccc(F)cc1-c1ccnc2[nH]c(C3CCN(CCN(C(=O)O)C(C)(C)C)C3)cc12. The van der Waals surface area contributed by atoms with Gasteiger partial charge in [0.2, 0.25) is 0 Å². The van der Waals surface area contributed by atoms with E-state index in [1.165, 1.54) is 17.0 Å². The molecule has 3 aromatic rings. The largest absolute Gasteiger partial charge is 0.496 e. The monoisotopic (exact) mass is 454 g/mol. The maximum Gasteiger partial charge on any atom is 0.407 e. The van der Waals surface area contributed by atoms with E-state index >= 15 is 0 Å². The van der Waals surface area contributed by atoms with Crippen molar-refractivity contribution in [3.05, 3.63) is 48.0 Å². The lowest BCUT2D eigenvalue weighted by atomic mass is 10.0. The van der Waals surface area contributed by atoms with E-state index in [4.69, 9.17) is 4.74 Å². The Hall–Kier alpha value is -3.13. The molecule has 1 atom stereocenters. The maximum atomic E-state index is 14.0. The number of nitrogens with one attached hydrogen (secondary N) is 1. The molecular formula is C25H31FN4O3. The molecule has 1 unspecified atom stereocenters. The predicted molar refractivity (Wildman–Crippen MR) is 126 cm³/mol. The zero-order valence-electron chi connectivity index (χ0n) is 19.6. The molecule has 1 amide bonds. The Morgan fingerprint density at radius 1 is 1.30 bits per heavy atom. The van der Waals surface area contributed by atoms with Gasteiger partial charge in [0.25, 0.3) is 0 Å². The van der Waals surface area contributed by atoms with Gasteiger partial charge in [0.15, 0.2) is 0 Å². The number of halogens is 1. The number of benzene rings is 1. The number of hydrogen-bond acceptors (Lipinski definition) is 4. The van der Waals surface area contributed by atoms with Gasteiger partial charge in [-0.1, -0.05) is 0 Å². The van der Waals surface area contributed by atoms with Crippen LogP contribution in [0.3, 0.4) is 0 Å². The fourth-order valence-corrected chi connectivity index (χ4v) is 4.64. The highest BCUT2D eigenvalue weighted by molar-refractivity contribution is 5.95. The van der Waals surface area contributed by atoms with Crippen molar-refractivity contribution < 1.29 is 19.0 Å². The lowest BCUT2D eigenvalue weighted by Crippen LogP contribution is -2.48. The van der Waals surface area contributed by atoms with Crippen molar-refractivity contribution in [2.75, 3.05) is 33.3 Å². The first-order chi connectivity index (χ1) is 15.7. The van der Waals surface area contributed by atoms with E-state index in [0.717, 1.165) is 41.8 Å². The molecule has 176 valence electrons. The molecule has 1 fully saturated rings. The number of hydrogen-bond donors (Lipinski definition) is 2. The van der Waals surface area contributed by atoms with E-state index in [9.17, 15) is 14.3 Å². The third-order valence-electron chi connectivity index (χ3n) is 6.40. The van der Waals surface area contributed by atoms with Gasteiger partial charge in [0.05, 0.1) is 7.11 Å². The van der Waals surface area contributed by atoms with Crippen molar-refractivity contribution in [2.24, 2.45) is 0 Å². The molecule has 1 aliphatic rings. The van der Waals surface area contributed by atoms with Gasteiger partial charge < -0.3 is 24.6 Å². The zero-order valence-corrected chi connectivity index (χ0v) is 19.6. The van der Waals surface area contributed by atoms with Crippen molar-refractivity contribution in [2.45, 2.75) is 38.6 Å². The molecule has 0 radical (unpaired) electrons. The van der Waals surface area contributed by atoms with Crippen LogP contribution in [0.4, 0.5) is 9.18 Å². The molecule has 0 spiro atoms. The molecule has 1 aliphatic heterocycles. The minimum absolute atomic E-state index is 0.300. The molecule has 1 saturated heterocycles. The van der Waals surface area contributed by atoms with E-state index in [1.807, 2.05) is 26.8 Å². The highest BCUT2D eigenvalue weighted by atomic mass is 19.1. The summed E-state index contributed by atoms with van der Waals surface area (Å²) in [6, 6.07) is 8.50. The summed E-state index contributed by atoms with van der Waals surface area (Å²) in [6.45, 7) is 8.68. The van der Waals surface area contributed by atoms with Gasteiger partial charge in [-0.15, -0.1) is 0 Å². The lowest BCUT2D eigenvalue weighted by molar-refractivity contribution is 0.0932. The zero-order chi connectivity index (χ0) is 23.8. The van der Waals surface area contributed by atoms with Crippen LogP contribution in [0.1, 0.15) is 38.8 Å². The van der Waals surface area contributed by atoms with Gasteiger partial charge in [0.1, 0.15) is 17.2 Å². The predicted octanol–water partition coefficient (Wildman–Crippen LogP) is 4.95. The molecule has 8 heteroatoms. The van der Waals surface area contributed by atoms with Crippen LogP contribution < -0.4 is 4.74 Å². The van der Waals surface area contributed by atoms with E-state index in [-0.39, 0.29) is 5.82 Å². The van der Waals surface area contributed by atoms with E-state index < -0.39 is 11.6 Å². The quantitative estimate of drug-likeness (QED) is 0.551. The number of ether oxygens (including phenoxy) is 1. The second kappa shape index (κ2) is 9.02. The van der Waals surface area contributed by atoms with E-state index in [1.54, 1.807) is 19.4 Å². The van der Waals surface area contributed by atoms with Crippen molar-refractivity contribution in [1.29, 1.82) is 0 Å². The number of amides is 1. The number of methoxy groups -OCH3 is 1. The fourth-order valence-electron chi connectivity index (χ4n) is 4.64. The molecule has 2 aromatic heterocycles. The lowest BCUT2D eigenvalue weighted by Gasteiger charge is -2.34. The van der Waals surface area contributed by atoms with Crippen molar-refractivity contribution in [1.82, 2.24) is 19.8 Å². The molecular weight excluding hydrogens is 423 g/mol. The minimum atomic E-state index is -0.889. The number of pyridine rings is 1. The summed E-state index contributed by atoms with van der Waals surface area (Å²) in [5.41, 5.74) is 2.99. The number of likely N-dealkylation sites (tertiary alicyclic amines) is 1. The topological polar surface area (TPSA) is 81.7 Å². The number of carbonyl (C=O) groups is 1. The molecule has 0 bridgehead atoms. The van der Waals surface area contributed by atoms with Gasteiger partial charge in [-0.05, 0) is 69.6 Å². The minimum Gasteiger partial charge on any atom is -0.496 e. The number of carboxylic acid groups (broad SMARTS) is 1. The van der Waals surface area contributed by atoms with Gasteiger partial charge in [-0.2, -0.15) is 0 Å². The Morgan fingerprint density at radius 2 is 2.09 bits per heavy atom. The Kier molecular flexibility index (Phi) is 6.30. The fraction of sp³-hybridized carbons (Fsp3) is 0.440. The van der Waals surface area contributed by atoms with Crippen LogP contribution in [0.5, 0.6) is 5.75 Å². The first-order valence-corrected chi connectivity index (χ1v) is 11.2. The Morgan fingerprint density at radius 3 is 2.79 bits per heavy atom. The number of H-pyrrole nitrogens is 1. The van der Waals surface area contributed by atoms with Crippen molar-refractivity contribution in [3.8, 4) is 16.9 Å². The Bertz CT molecular complexity index is 1150. The summed E-state index contributed by atoms with van der Waals surface area (Å²) in [5, 5.41) is 10.5. The standard InChI is InChI=1S/C25H31FN4O3/c1-25(2,3)30(24(31)32)12-11-29-10-8-16(15-29)21-14-20-18(7-9-27-23(20)28-21)19-13-17(26)5-6-22(19)33-4/h5-7,9,13-14,16H,8,10-12,15H2,1-4H3,(H,27,28)(H,31,32). The second-order valence-corrected chi connectivity index (χ2v) is 9.58. The van der Waals surface area contributed by atoms with Crippen LogP contribution in [0.15, 0.2) is 36.5 Å². The van der Waals surface area contributed by atoms with Crippen molar-refractivity contribution >= 4 is 17.1 Å². The number of aromatic amines is 1. The average Bonchev–Trinajstić information content (AvgIpc) is 3.39. The smallest absolute Gasteiger partial charge is 0.407 e. The van der Waals surface area contributed by atoms with Crippen LogP contribution in [-0.4, -0.2) is 69.8 Å². The normalized spacial score (nSPS) is 16.9. The van der Waals surface area contributed by atoms with E-state index in [0.29, 0.717) is 30.3 Å². The maximum absolute atomic E-state index is 14.0. The summed E-state index contributed by atoms with van der Waals surface area (Å²) in [4.78, 5) is 23.4. The third-order valence-corrected chi connectivity index (χ3v) is 6.40.